The summed E-state index contributed by atoms with van der Waals surface area (Å²) in [7, 11) is 0. The van der Waals surface area contributed by atoms with Gasteiger partial charge in [-0.2, -0.15) is 0 Å². The molecular weight excluding hydrogens is 817 g/mol. The molecule has 0 aliphatic heterocycles. The number of hydrogen-bond acceptors (Lipinski definition) is 4. The molecule has 0 radical (unpaired) electrons. The Balaban J connectivity index is 0.00000377. The van der Waals surface area contributed by atoms with Crippen molar-refractivity contribution in [2.75, 3.05) is 0 Å². The Morgan fingerprint density at radius 1 is 0.508 bits per heavy atom. The monoisotopic (exact) mass is 847 g/mol. The van der Waals surface area contributed by atoms with Gasteiger partial charge < -0.3 is 13.5 Å². The Morgan fingerprint density at radius 2 is 1.19 bits per heavy atom. The fourth-order valence-corrected chi connectivity index (χ4v) is 9.81. The summed E-state index contributed by atoms with van der Waals surface area (Å²) < 4.78 is 11.2. The number of ether oxygens (including phenoxy) is 1. The van der Waals surface area contributed by atoms with Gasteiger partial charge in [-0.15, -0.1) is 12.1 Å². The summed E-state index contributed by atoms with van der Waals surface area (Å²) in [5.74, 6) is 1.16. The zero-order valence-corrected chi connectivity index (χ0v) is 33.7. The summed E-state index contributed by atoms with van der Waals surface area (Å²) in [5.41, 5.74) is 13.7. The molecule has 0 saturated heterocycles. The quantitative estimate of drug-likeness (QED) is 0.101. The van der Waals surface area contributed by atoms with Crippen molar-refractivity contribution in [1.29, 1.82) is 0 Å². The fraction of sp³-hybridized carbons (Fsp3) is 0.0577. The maximum atomic E-state index is 6.73. The predicted molar refractivity (Wildman–Crippen MR) is 237 cm³/mol. The van der Waals surface area contributed by atoms with E-state index in [1.54, 1.807) is 0 Å². The van der Waals surface area contributed by atoms with E-state index in [-0.39, 0.29) is 20.4 Å². The van der Waals surface area contributed by atoms with Gasteiger partial charge in [-0.05, 0) is 106 Å². The van der Waals surface area contributed by atoms with Crippen molar-refractivity contribution in [2.24, 2.45) is 0 Å². The van der Waals surface area contributed by atoms with E-state index in [1.807, 2.05) is 42.6 Å². The number of hydrogen-bond donors (Lipinski definition) is 0. The molecule has 0 aliphatic rings. The SMILES string of the molecule is Cc1cccc(C)c1-c1ccc2c3c(C)cccc3c3ccc4nc5c6[c-]c(Oc7[c-]c8c(cc7)c7cccnc7n7c9ccccc9nc87)ccc6c1c2n5c4c3.[Pd+2]. The third-order valence-electron chi connectivity index (χ3n) is 12.3. The van der Waals surface area contributed by atoms with E-state index in [9.17, 15) is 0 Å². The summed E-state index contributed by atoms with van der Waals surface area (Å²) in [4.78, 5) is 15.2. The number of rotatable bonds is 3. The molecule has 0 spiro atoms. The minimum Gasteiger partial charge on any atom is -0.497 e. The van der Waals surface area contributed by atoms with E-state index >= 15 is 0 Å². The first kappa shape index (κ1) is 34.2. The Morgan fingerprint density at radius 3 is 2.02 bits per heavy atom. The van der Waals surface area contributed by atoms with E-state index in [0.717, 1.165) is 71.5 Å². The van der Waals surface area contributed by atoms with Crippen LogP contribution in [0.15, 0.2) is 134 Å². The molecule has 0 saturated carbocycles. The molecule has 7 heteroatoms. The van der Waals surface area contributed by atoms with Crippen LogP contribution in [-0.4, -0.2) is 23.8 Å². The van der Waals surface area contributed by atoms with E-state index in [2.05, 4.69) is 133 Å². The Labute approximate surface area is 351 Å². The molecule has 7 aromatic carbocycles. The number of para-hydroxylation sites is 2. The molecule has 13 aromatic rings. The van der Waals surface area contributed by atoms with Crippen LogP contribution >= 0.6 is 0 Å². The molecule has 0 fully saturated rings. The zero-order valence-electron chi connectivity index (χ0n) is 32.2. The molecule has 0 N–H and O–H groups in total. The smallest absolute Gasteiger partial charge is 0.497 e. The van der Waals surface area contributed by atoms with Crippen LogP contribution in [0, 0.1) is 32.9 Å². The Bertz CT molecular complexity index is 3920. The van der Waals surface area contributed by atoms with Crippen LogP contribution in [0.3, 0.4) is 0 Å². The molecule has 2 bridgehead atoms. The van der Waals surface area contributed by atoms with Crippen molar-refractivity contribution in [3.63, 3.8) is 0 Å². The van der Waals surface area contributed by atoms with Crippen LogP contribution in [0.2, 0.25) is 0 Å². The molecule has 13 rings (SSSR count). The largest absolute Gasteiger partial charge is 2.00 e. The van der Waals surface area contributed by atoms with Crippen molar-refractivity contribution in [3.05, 3.63) is 162 Å². The second-order valence-corrected chi connectivity index (χ2v) is 15.6. The zero-order chi connectivity index (χ0) is 38.4. The third-order valence-corrected chi connectivity index (χ3v) is 12.3. The predicted octanol–water partition coefficient (Wildman–Crippen LogP) is 13.0. The van der Waals surface area contributed by atoms with E-state index in [1.165, 1.54) is 54.7 Å². The van der Waals surface area contributed by atoms with E-state index in [0.29, 0.717) is 11.5 Å². The van der Waals surface area contributed by atoms with E-state index in [4.69, 9.17) is 19.7 Å². The van der Waals surface area contributed by atoms with Crippen LogP contribution in [-0.2, 0) is 20.4 Å². The molecule has 0 atom stereocenters. The van der Waals surface area contributed by atoms with Gasteiger partial charge in [-0.3, -0.25) is 9.97 Å². The molecule has 6 heterocycles. The molecule has 0 aliphatic carbocycles. The molecule has 0 unspecified atom stereocenters. The van der Waals surface area contributed by atoms with Gasteiger partial charge in [0.2, 0.25) is 0 Å². The number of imidazole rings is 2. The molecule has 6 nitrogen and oxygen atoms in total. The van der Waals surface area contributed by atoms with Crippen LogP contribution in [0.25, 0.3) is 110 Å². The van der Waals surface area contributed by atoms with Crippen LogP contribution in [0.4, 0.5) is 0 Å². The van der Waals surface area contributed by atoms with Gasteiger partial charge in [-0.1, -0.05) is 119 Å². The van der Waals surface area contributed by atoms with E-state index < -0.39 is 0 Å². The van der Waals surface area contributed by atoms with Crippen LogP contribution in [0.1, 0.15) is 16.7 Å². The van der Waals surface area contributed by atoms with Gasteiger partial charge in [0.1, 0.15) is 5.65 Å². The third kappa shape index (κ3) is 4.63. The average Bonchev–Trinajstić information content (AvgIpc) is 3.82. The summed E-state index contributed by atoms with van der Waals surface area (Å²) in [5, 5.41) is 10.9. The van der Waals surface area contributed by atoms with Gasteiger partial charge >= 0.3 is 20.4 Å². The van der Waals surface area contributed by atoms with Crippen LogP contribution < -0.4 is 4.74 Å². The van der Waals surface area contributed by atoms with Gasteiger partial charge in [0, 0.05) is 28.6 Å². The van der Waals surface area contributed by atoms with Crippen molar-refractivity contribution in [2.45, 2.75) is 20.8 Å². The summed E-state index contributed by atoms with van der Waals surface area (Å²) in [6.45, 7) is 6.64. The maximum absolute atomic E-state index is 6.73. The number of pyridine rings is 3. The molecule has 6 aromatic heterocycles. The number of aromatic nitrogens is 5. The summed E-state index contributed by atoms with van der Waals surface area (Å²) in [6.07, 6.45) is 1.83. The first-order valence-corrected chi connectivity index (χ1v) is 19.6. The number of aryl methyl sites for hydroxylation is 3. The standard InChI is InChI=1S/C52H31N5O.Pd/c1-28-9-6-10-29(2)46(28)38-21-22-39-47-30(3)11-7-12-34(47)31-16-23-43-45(25-31)56-49(39)48(38)36-20-18-33(27-41(36)51(56)55-43)58-32-17-19-35-37-13-8-24-53-50(37)57-44-15-5-4-14-42(44)54-52(57)40(35)26-32;/h4-25H,1-3H3;/q-2;+2. The number of nitrogens with zero attached hydrogens (tertiary/aromatic N) is 5. The second kappa shape index (κ2) is 12.3. The van der Waals surface area contributed by atoms with Crippen molar-refractivity contribution < 1.29 is 25.2 Å². The topological polar surface area (TPSA) is 56.7 Å². The van der Waals surface area contributed by atoms with Crippen molar-refractivity contribution in [3.8, 4) is 22.6 Å². The first-order chi connectivity index (χ1) is 28.5. The van der Waals surface area contributed by atoms with Gasteiger partial charge in [0.25, 0.3) is 0 Å². The average molecular weight is 848 g/mol. The summed E-state index contributed by atoms with van der Waals surface area (Å²) in [6, 6.07) is 52.4. The first-order valence-electron chi connectivity index (χ1n) is 19.6. The number of fused-ring (bicyclic) bond motifs is 15. The summed E-state index contributed by atoms with van der Waals surface area (Å²) >= 11 is 0. The Kier molecular flexibility index (Phi) is 7.12. The second-order valence-electron chi connectivity index (χ2n) is 15.6. The normalized spacial score (nSPS) is 12.2. The molecule has 280 valence electrons. The fourth-order valence-electron chi connectivity index (χ4n) is 9.81. The minimum atomic E-state index is 0. The molecule has 0 amide bonds. The Hall–Kier alpha value is -6.91. The minimum absolute atomic E-state index is 0. The van der Waals surface area contributed by atoms with Crippen LogP contribution in [0.5, 0.6) is 11.5 Å². The van der Waals surface area contributed by atoms with Crippen molar-refractivity contribution in [1.82, 2.24) is 23.8 Å². The number of benzene rings is 7. The van der Waals surface area contributed by atoms with Gasteiger partial charge in [0.15, 0.2) is 0 Å². The van der Waals surface area contributed by atoms with Gasteiger partial charge in [0.05, 0.1) is 33.4 Å². The van der Waals surface area contributed by atoms with Gasteiger partial charge in [-0.25, -0.2) is 4.98 Å². The molecular formula is C52H31N5OPd. The molecule has 59 heavy (non-hydrogen) atoms. The maximum Gasteiger partial charge on any atom is 2.00 e. The van der Waals surface area contributed by atoms with Crippen molar-refractivity contribution >= 4 is 98.4 Å².